The van der Waals surface area contributed by atoms with Gasteiger partial charge in [-0.05, 0) is 25.1 Å². The van der Waals surface area contributed by atoms with Gasteiger partial charge in [-0.2, -0.15) is 0 Å². The van der Waals surface area contributed by atoms with Crippen LogP contribution in [0.4, 0.5) is 0 Å². The van der Waals surface area contributed by atoms with Gasteiger partial charge in [-0.25, -0.2) is 4.79 Å². The number of aryl methyl sites for hydroxylation is 1. The van der Waals surface area contributed by atoms with Gasteiger partial charge in [-0.3, -0.25) is 0 Å². The van der Waals surface area contributed by atoms with Gasteiger partial charge in [0.2, 0.25) is 0 Å². The smallest absolute Gasteiger partial charge is 0.345 e. The summed E-state index contributed by atoms with van der Waals surface area (Å²) in [6.07, 6.45) is 0. The highest BCUT2D eigenvalue weighted by molar-refractivity contribution is 7.14. The van der Waals surface area contributed by atoms with E-state index in [-0.39, 0.29) is 0 Å². The van der Waals surface area contributed by atoms with Crippen LogP contribution in [0.25, 0.3) is 0 Å². The summed E-state index contributed by atoms with van der Waals surface area (Å²) in [5.74, 6) is -0.837. The molecule has 1 rings (SSSR count). The molecule has 0 spiro atoms. The summed E-state index contributed by atoms with van der Waals surface area (Å²) >= 11 is 1.33. The molecular weight excluding hydrogens is 186 g/mol. The van der Waals surface area contributed by atoms with Crippen molar-refractivity contribution in [3.05, 3.63) is 21.4 Å². The zero-order chi connectivity index (χ0) is 9.84. The van der Waals surface area contributed by atoms with Crippen LogP contribution in [0.1, 0.15) is 27.0 Å². The van der Waals surface area contributed by atoms with E-state index in [4.69, 9.17) is 5.11 Å². The topological polar surface area (TPSA) is 49.3 Å². The van der Waals surface area contributed by atoms with E-state index in [1.165, 1.54) is 11.3 Å². The normalized spacial score (nSPS) is 10.3. The first kappa shape index (κ1) is 10.2. The zero-order valence-corrected chi connectivity index (χ0v) is 8.57. The minimum absolute atomic E-state index is 0.422. The largest absolute Gasteiger partial charge is 0.477 e. The number of carboxylic acid groups (broad SMARTS) is 1. The molecule has 0 fully saturated rings. The van der Waals surface area contributed by atoms with Gasteiger partial charge in [-0.15, -0.1) is 11.3 Å². The zero-order valence-electron chi connectivity index (χ0n) is 7.76. The molecule has 0 aromatic carbocycles. The molecule has 0 aliphatic heterocycles. The van der Waals surface area contributed by atoms with Crippen molar-refractivity contribution in [2.24, 2.45) is 0 Å². The molecule has 1 heterocycles. The van der Waals surface area contributed by atoms with E-state index >= 15 is 0 Å². The van der Waals surface area contributed by atoms with Gasteiger partial charge in [0.25, 0.3) is 0 Å². The summed E-state index contributed by atoms with van der Waals surface area (Å²) in [5, 5.41) is 11.9. The number of hydrogen-bond donors (Lipinski definition) is 2. The van der Waals surface area contributed by atoms with Crippen LogP contribution in [-0.4, -0.2) is 17.6 Å². The summed E-state index contributed by atoms with van der Waals surface area (Å²) in [7, 11) is 0. The minimum Gasteiger partial charge on any atom is -0.477 e. The van der Waals surface area contributed by atoms with Gasteiger partial charge in [0.05, 0.1) is 0 Å². The lowest BCUT2D eigenvalue weighted by Crippen LogP contribution is -2.11. The van der Waals surface area contributed by atoms with Gasteiger partial charge >= 0.3 is 5.97 Å². The van der Waals surface area contributed by atoms with Crippen molar-refractivity contribution in [2.75, 3.05) is 6.54 Å². The van der Waals surface area contributed by atoms with Crippen molar-refractivity contribution in [1.82, 2.24) is 5.32 Å². The highest BCUT2D eigenvalue weighted by Gasteiger charge is 2.09. The van der Waals surface area contributed by atoms with Gasteiger partial charge in [0.1, 0.15) is 4.88 Å². The maximum absolute atomic E-state index is 10.6. The first-order chi connectivity index (χ1) is 6.15. The Hall–Kier alpha value is -0.870. The monoisotopic (exact) mass is 199 g/mol. The molecule has 0 saturated carbocycles. The molecular formula is C9H13NO2S. The summed E-state index contributed by atoms with van der Waals surface area (Å²) in [5.41, 5.74) is 1.09. The molecule has 0 amide bonds. The molecule has 0 radical (unpaired) electrons. The second kappa shape index (κ2) is 4.39. The van der Waals surface area contributed by atoms with Gasteiger partial charge in [0.15, 0.2) is 0 Å². The van der Waals surface area contributed by atoms with Crippen molar-refractivity contribution < 1.29 is 9.90 Å². The van der Waals surface area contributed by atoms with Gasteiger partial charge in [-0.1, -0.05) is 6.92 Å². The highest BCUT2D eigenvalue weighted by atomic mass is 32.1. The summed E-state index contributed by atoms with van der Waals surface area (Å²) < 4.78 is 0. The van der Waals surface area contributed by atoms with E-state index in [9.17, 15) is 4.79 Å². The Kier molecular flexibility index (Phi) is 3.45. The lowest BCUT2D eigenvalue weighted by Gasteiger charge is -1.98. The van der Waals surface area contributed by atoms with Crippen LogP contribution < -0.4 is 5.32 Å². The van der Waals surface area contributed by atoms with Crippen molar-refractivity contribution in [3.63, 3.8) is 0 Å². The fraction of sp³-hybridized carbons (Fsp3) is 0.444. The molecule has 72 valence electrons. The number of rotatable bonds is 4. The molecule has 0 bridgehead atoms. The van der Waals surface area contributed by atoms with Crippen molar-refractivity contribution in [3.8, 4) is 0 Å². The van der Waals surface area contributed by atoms with E-state index in [0.717, 1.165) is 23.5 Å². The van der Waals surface area contributed by atoms with Crippen LogP contribution in [0, 0.1) is 6.92 Å². The Morgan fingerprint density at radius 2 is 2.38 bits per heavy atom. The fourth-order valence-corrected chi connectivity index (χ4v) is 1.94. The Morgan fingerprint density at radius 1 is 1.69 bits per heavy atom. The highest BCUT2D eigenvalue weighted by Crippen LogP contribution is 2.21. The summed E-state index contributed by atoms with van der Waals surface area (Å²) in [6, 6.07) is 1.74. The van der Waals surface area contributed by atoms with Crippen LogP contribution in [0.3, 0.4) is 0 Å². The Balaban J connectivity index is 2.77. The molecule has 0 aliphatic carbocycles. The average molecular weight is 199 g/mol. The SMILES string of the molecule is CCNCc1cc(C(=O)O)sc1C. The number of nitrogens with one attached hydrogen (secondary N) is 1. The first-order valence-electron chi connectivity index (χ1n) is 4.18. The lowest BCUT2D eigenvalue weighted by atomic mass is 10.2. The van der Waals surface area contributed by atoms with E-state index in [2.05, 4.69) is 5.32 Å². The fourth-order valence-electron chi connectivity index (χ4n) is 1.06. The first-order valence-corrected chi connectivity index (χ1v) is 5.00. The van der Waals surface area contributed by atoms with Gasteiger partial charge < -0.3 is 10.4 Å². The third kappa shape index (κ3) is 2.54. The predicted octanol–water partition coefficient (Wildman–Crippen LogP) is 1.86. The molecule has 4 heteroatoms. The predicted molar refractivity (Wildman–Crippen MR) is 53.4 cm³/mol. The van der Waals surface area contributed by atoms with Gasteiger partial charge in [0, 0.05) is 11.4 Å². The third-order valence-corrected chi connectivity index (χ3v) is 2.88. The molecule has 13 heavy (non-hydrogen) atoms. The Labute approximate surface area is 81.4 Å². The van der Waals surface area contributed by atoms with Crippen LogP contribution in [0.15, 0.2) is 6.07 Å². The molecule has 3 nitrogen and oxygen atoms in total. The van der Waals surface area contributed by atoms with E-state index < -0.39 is 5.97 Å². The molecule has 1 aromatic heterocycles. The van der Waals surface area contributed by atoms with E-state index in [1.54, 1.807) is 6.07 Å². The quantitative estimate of drug-likeness (QED) is 0.778. The van der Waals surface area contributed by atoms with E-state index in [1.807, 2.05) is 13.8 Å². The van der Waals surface area contributed by atoms with Crippen molar-refractivity contribution in [2.45, 2.75) is 20.4 Å². The molecule has 0 aliphatic rings. The van der Waals surface area contributed by atoms with Crippen LogP contribution in [-0.2, 0) is 6.54 Å². The van der Waals surface area contributed by atoms with E-state index in [0.29, 0.717) is 4.88 Å². The molecule has 1 aromatic rings. The Bertz CT molecular complexity index is 307. The van der Waals surface area contributed by atoms with Crippen LogP contribution >= 0.6 is 11.3 Å². The molecule has 0 atom stereocenters. The number of thiophene rings is 1. The summed E-state index contributed by atoms with van der Waals surface area (Å²) in [6.45, 7) is 5.63. The number of aromatic carboxylic acids is 1. The molecule has 0 saturated heterocycles. The maximum atomic E-state index is 10.6. The minimum atomic E-state index is -0.837. The average Bonchev–Trinajstić information content (AvgIpc) is 2.44. The van der Waals surface area contributed by atoms with Crippen LogP contribution in [0.5, 0.6) is 0 Å². The lowest BCUT2D eigenvalue weighted by molar-refractivity contribution is 0.0702. The second-order valence-corrected chi connectivity index (χ2v) is 4.03. The standard InChI is InChI=1S/C9H13NO2S/c1-3-10-5-7-4-8(9(11)12)13-6(7)2/h4,10H,3,5H2,1-2H3,(H,11,12). The number of hydrogen-bond acceptors (Lipinski definition) is 3. The van der Waals surface area contributed by atoms with Crippen molar-refractivity contribution in [1.29, 1.82) is 0 Å². The third-order valence-electron chi connectivity index (χ3n) is 1.80. The maximum Gasteiger partial charge on any atom is 0.345 e. The Morgan fingerprint density at radius 3 is 2.85 bits per heavy atom. The number of carboxylic acids is 1. The molecule has 0 unspecified atom stereocenters. The second-order valence-electron chi connectivity index (χ2n) is 2.78. The molecule has 2 N–H and O–H groups in total. The summed E-state index contributed by atoms with van der Waals surface area (Å²) in [4.78, 5) is 12.1. The number of carbonyl (C=O) groups is 1. The van der Waals surface area contributed by atoms with Crippen LogP contribution in [0.2, 0.25) is 0 Å². The van der Waals surface area contributed by atoms with Crippen molar-refractivity contribution >= 4 is 17.3 Å².